The number of nitrogens with one attached hydrogen (secondary N) is 1. The molecular formula is C15H26N2O5. The van der Waals surface area contributed by atoms with Gasteiger partial charge in [-0.1, -0.05) is 13.8 Å². The zero-order chi connectivity index (χ0) is 16.7. The third kappa shape index (κ3) is 6.01. The first kappa shape index (κ1) is 18.4. The fourth-order valence-corrected chi connectivity index (χ4v) is 2.60. The number of carboxylic acid groups (broad SMARTS) is 2. The lowest BCUT2D eigenvalue weighted by Crippen LogP contribution is -2.52. The Hall–Kier alpha value is -1.63. The van der Waals surface area contributed by atoms with E-state index in [0.717, 1.165) is 19.3 Å². The van der Waals surface area contributed by atoms with Crippen LogP contribution in [0.25, 0.3) is 0 Å². The molecule has 1 rings (SSSR count). The maximum absolute atomic E-state index is 12.4. The minimum Gasteiger partial charge on any atom is -0.480 e. The van der Waals surface area contributed by atoms with Crippen molar-refractivity contribution in [3.05, 3.63) is 0 Å². The summed E-state index contributed by atoms with van der Waals surface area (Å²) in [5.41, 5.74) is 0. The SMILES string of the molecule is CC(C)CCC(N[C@H]1CCCCN(CC(=O)O)C1=O)C(=O)O. The Morgan fingerprint density at radius 2 is 1.95 bits per heavy atom. The number of likely N-dealkylation sites (tertiary alicyclic amines) is 1. The van der Waals surface area contributed by atoms with E-state index in [1.165, 1.54) is 4.90 Å². The molecule has 1 fully saturated rings. The first-order valence-corrected chi connectivity index (χ1v) is 7.80. The van der Waals surface area contributed by atoms with Gasteiger partial charge in [0.1, 0.15) is 12.6 Å². The van der Waals surface area contributed by atoms with Crippen LogP contribution in [-0.2, 0) is 14.4 Å². The maximum Gasteiger partial charge on any atom is 0.323 e. The van der Waals surface area contributed by atoms with Gasteiger partial charge in [-0.3, -0.25) is 19.7 Å². The Morgan fingerprint density at radius 3 is 2.50 bits per heavy atom. The van der Waals surface area contributed by atoms with E-state index >= 15 is 0 Å². The summed E-state index contributed by atoms with van der Waals surface area (Å²) in [7, 11) is 0. The van der Waals surface area contributed by atoms with Crippen LogP contribution in [-0.4, -0.2) is 58.1 Å². The van der Waals surface area contributed by atoms with Gasteiger partial charge in [0.05, 0.1) is 6.04 Å². The van der Waals surface area contributed by atoms with Gasteiger partial charge in [-0.2, -0.15) is 0 Å². The Balaban J connectivity index is 2.71. The molecule has 1 amide bonds. The van der Waals surface area contributed by atoms with E-state index < -0.39 is 24.0 Å². The van der Waals surface area contributed by atoms with E-state index in [0.29, 0.717) is 25.3 Å². The van der Waals surface area contributed by atoms with Gasteiger partial charge in [-0.25, -0.2) is 0 Å². The van der Waals surface area contributed by atoms with Crippen molar-refractivity contribution >= 4 is 17.8 Å². The standard InChI is InChI=1S/C15H26N2O5/c1-10(2)6-7-12(15(21)22)16-11-5-3-4-8-17(14(11)20)9-13(18)19/h10-12,16H,3-9H2,1-2H3,(H,18,19)(H,21,22)/t11-,12?/m0/s1. The molecule has 22 heavy (non-hydrogen) atoms. The summed E-state index contributed by atoms with van der Waals surface area (Å²) in [5, 5.41) is 21.1. The molecule has 1 heterocycles. The summed E-state index contributed by atoms with van der Waals surface area (Å²) < 4.78 is 0. The molecule has 0 aromatic rings. The molecule has 1 unspecified atom stereocenters. The molecule has 0 aromatic heterocycles. The van der Waals surface area contributed by atoms with Gasteiger partial charge in [-0.05, 0) is 38.0 Å². The molecule has 0 aromatic carbocycles. The van der Waals surface area contributed by atoms with E-state index in [1.807, 2.05) is 13.8 Å². The Kier molecular flexibility index (Phi) is 7.31. The Labute approximate surface area is 130 Å². The summed E-state index contributed by atoms with van der Waals surface area (Å²) in [6.45, 7) is 4.11. The van der Waals surface area contributed by atoms with E-state index in [4.69, 9.17) is 5.11 Å². The lowest BCUT2D eigenvalue weighted by molar-refractivity contribution is -0.146. The Bertz CT molecular complexity index is 411. The molecule has 0 radical (unpaired) electrons. The lowest BCUT2D eigenvalue weighted by atomic mass is 10.0. The number of hydrogen-bond donors (Lipinski definition) is 3. The number of carbonyl (C=O) groups is 3. The highest BCUT2D eigenvalue weighted by molar-refractivity contribution is 5.86. The van der Waals surface area contributed by atoms with Crippen LogP contribution in [0.2, 0.25) is 0 Å². The minimum atomic E-state index is -1.05. The van der Waals surface area contributed by atoms with E-state index in [-0.39, 0.29) is 12.5 Å². The predicted octanol–water partition coefficient (Wildman–Crippen LogP) is 0.931. The molecule has 0 aliphatic carbocycles. The van der Waals surface area contributed by atoms with Crippen molar-refractivity contribution in [2.45, 2.75) is 58.0 Å². The van der Waals surface area contributed by atoms with Crippen molar-refractivity contribution in [1.29, 1.82) is 0 Å². The summed E-state index contributed by atoms with van der Waals surface area (Å²) >= 11 is 0. The summed E-state index contributed by atoms with van der Waals surface area (Å²) in [4.78, 5) is 35.9. The van der Waals surface area contributed by atoms with Crippen LogP contribution in [0.15, 0.2) is 0 Å². The molecule has 2 atom stereocenters. The van der Waals surface area contributed by atoms with E-state index in [9.17, 15) is 19.5 Å². The molecule has 7 nitrogen and oxygen atoms in total. The topological polar surface area (TPSA) is 107 Å². The predicted molar refractivity (Wildman–Crippen MR) is 80.5 cm³/mol. The fourth-order valence-electron chi connectivity index (χ4n) is 2.60. The smallest absolute Gasteiger partial charge is 0.323 e. The number of nitrogens with zero attached hydrogens (tertiary/aromatic N) is 1. The number of hydrogen-bond acceptors (Lipinski definition) is 4. The molecule has 0 saturated carbocycles. The average molecular weight is 314 g/mol. The summed E-state index contributed by atoms with van der Waals surface area (Å²) in [5.74, 6) is -1.95. The Morgan fingerprint density at radius 1 is 1.27 bits per heavy atom. The monoisotopic (exact) mass is 314 g/mol. The van der Waals surface area contributed by atoms with Crippen molar-refractivity contribution < 1.29 is 24.6 Å². The fraction of sp³-hybridized carbons (Fsp3) is 0.800. The molecule has 1 saturated heterocycles. The zero-order valence-electron chi connectivity index (χ0n) is 13.2. The molecule has 7 heteroatoms. The second-order valence-corrected chi connectivity index (χ2v) is 6.23. The molecule has 1 aliphatic rings. The molecule has 126 valence electrons. The highest BCUT2D eigenvalue weighted by atomic mass is 16.4. The van der Waals surface area contributed by atoms with Crippen molar-refractivity contribution in [1.82, 2.24) is 10.2 Å². The van der Waals surface area contributed by atoms with Gasteiger partial charge in [0, 0.05) is 6.54 Å². The maximum atomic E-state index is 12.4. The van der Waals surface area contributed by atoms with Gasteiger partial charge in [0.2, 0.25) is 5.91 Å². The van der Waals surface area contributed by atoms with Gasteiger partial charge in [-0.15, -0.1) is 0 Å². The van der Waals surface area contributed by atoms with E-state index in [1.54, 1.807) is 0 Å². The third-order valence-corrected chi connectivity index (χ3v) is 3.84. The number of rotatable bonds is 8. The van der Waals surface area contributed by atoms with Crippen molar-refractivity contribution in [2.75, 3.05) is 13.1 Å². The summed E-state index contributed by atoms with van der Waals surface area (Å²) in [6, 6.07) is -1.39. The molecule has 0 bridgehead atoms. The highest BCUT2D eigenvalue weighted by Gasteiger charge is 2.31. The number of carbonyl (C=O) groups excluding carboxylic acids is 1. The van der Waals surface area contributed by atoms with Crippen LogP contribution in [0.5, 0.6) is 0 Å². The van der Waals surface area contributed by atoms with Crippen molar-refractivity contribution in [3.63, 3.8) is 0 Å². The first-order chi connectivity index (χ1) is 10.3. The minimum absolute atomic E-state index is 0.310. The van der Waals surface area contributed by atoms with Crippen molar-refractivity contribution in [3.8, 4) is 0 Å². The molecule has 1 aliphatic heterocycles. The normalized spacial score (nSPS) is 20.8. The van der Waals surface area contributed by atoms with Crippen LogP contribution in [0.3, 0.4) is 0 Å². The molecule has 3 N–H and O–H groups in total. The van der Waals surface area contributed by atoms with Gasteiger partial charge >= 0.3 is 11.9 Å². The van der Waals surface area contributed by atoms with Crippen LogP contribution in [0.4, 0.5) is 0 Å². The van der Waals surface area contributed by atoms with Crippen LogP contribution < -0.4 is 5.32 Å². The largest absolute Gasteiger partial charge is 0.480 e. The van der Waals surface area contributed by atoms with Crippen LogP contribution in [0, 0.1) is 5.92 Å². The zero-order valence-corrected chi connectivity index (χ0v) is 13.2. The quantitative estimate of drug-likeness (QED) is 0.615. The number of aliphatic carboxylic acids is 2. The molecular weight excluding hydrogens is 288 g/mol. The third-order valence-electron chi connectivity index (χ3n) is 3.84. The van der Waals surface area contributed by atoms with Crippen LogP contribution in [0.1, 0.15) is 46.0 Å². The van der Waals surface area contributed by atoms with Gasteiger partial charge in [0.25, 0.3) is 0 Å². The van der Waals surface area contributed by atoms with Gasteiger partial charge in [0.15, 0.2) is 0 Å². The van der Waals surface area contributed by atoms with Gasteiger partial charge < -0.3 is 15.1 Å². The average Bonchev–Trinajstić information content (AvgIpc) is 2.57. The lowest BCUT2D eigenvalue weighted by Gasteiger charge is -2.26. The van der Waals surface area contributed by atoms with Crippen LogP contribution >= 0.6 is 0 Å². The number of carboxylic acids is 2. The number of amides is 1. The molecule has 0 spiro atoms. The highest BCUT2D eigenvalue weighted by Crippen LogP contribution is 2.15. The summed E-state index contributed by atoms with van der Waals surface area (Å²) in [6.07, 6.45) is 3.26. The first-order valence-electron chi connectivity index (χ1n) is 7.80. The second-order valence-electron chi connectivity index (χ2n) is 6.23. The van der Waals surface area contributed by atoms with E-state index in [2.05, 4.69) is 5.32 Å². The second kappa shape index (κ2) is 8.73. The van der Waals surface area contributed by atoms with Crippen molar-refractivity contribution in [2.24, 2.45) is 5.92 Å².